The molecule has 1 saturated carbocycles. The highest BCUT2D eigenvalue weighted by Crippen LogP contribution is 2.39. The van der Waals surface area contributed by atoms with Gasteiger partial charge in [-0.2, -0.15) is 0 Å². The molecule has 1 fully saturated rings. The van der Waals surface area contributed by atoms with Gasteiger partial charge in [0.25, 0.3) is 0 Å². The van der Waals surface area contributed by atoms with Crippen LogP contribution in [0.5, 0.6) is 0 Å². The Bertz CT molecular complexity index is 624. The first kappa shape index (κ1) is 14.2. The van der Waals surface area contributed by atoms with Gasteiger partial charge in [0.05, 0.1) is 10.0 Å². The molecule has 0 bridgehead atoms. The Kier molecular flexibility index (Phi) is 4.25. The molecule has 2 aromatic rings. The van der Waals surface area contributed by atoms with E-state index in [2.05, 4.69) is 45.5 Å². The van der Waals surface area contributed by atoms with Crippen LogP contribution in [0, 0.1) is 0 Å². The van der Waals surface area contributed by atoms with Gasteiger partial charge in [-0.3, -0.25) is 0 Å². The van der Waals surface area contributed by atoms with Crippen molar-refractivity contribution in [3.05, 3.63) is 62.5 Å². The van der Waals surface area contributed by atoms with E-state index in [0.29, 0.717) is 22.0 Å². The molecule has 0 unspecified atom stereocenters. The minimum atomic E-state index is 0.510. The van der Waals surface area contributed by atoms with Crippen LogP contribution in [0.2, 0.25) is 10.0 Å². The van der Waals surface area contributed by atoms with Gasteiger partial charge in [0.2, 0.25) is 0 Å². The summed E-state index contributed by atoms with van der Waals surface area (Å²) in [5.74, 6) is 0.646. The van der Waals surface area contributed by atoms with Crippen molar-refractivity contribution in [2.45, 2.75) is 24.8 Å². The zero-order valence-electron chi connectivity index (χ0n) is 10.7. The second-order valence-electron chi connectivity index (χ2n) is 5.19. The summed E-state index contributed by atoms with van der Waals surface area (Å²) < 4.78 is 1.15. The molecule has 1 nitrogen and oxygen atoms in total. The summed E-state index contributed by atoms with van der Waals surface area (Å²) in [5.41, 5.74) is 2.45. The van der Waals surface area contributed by atoms with Crippen LogP contribution in [0.4, 0.5) is 5.69 Å². The Labute approximate surface area is 137 Å². The van der Waals surface area contributed by atoms with Crippen molar-refractivity contribution in [1.29, 1.82) is 0 Å². The van der Waals surface area contributed by atoms with Gasteiger partial charge >= 0.3 is 0 Å². The average Bonchev–Trinajstić information content (AvgIpc) is 2.37. The predicted octanol–water partition coefficient (Wildman–Crippen LogP) is 6.11. The maximum Gasteiger partial charge on any atom is 0.0612 e. The zero-order chi connectivity index (χ0) is 14.1. The van der Waals surface area contributed by atoms with Crippen LogP contribution in [0.3, 0.4) is 0 Å². The SMILES string of the molecule is Clc1ccc(NC2CC(c3cccc(Br)c3)C2)cc1Cl. The summed E-state index contributed by atoms with van der Waals surface area (Å²) >= 11 is 15.5. The van der Waals surface area contributed by atoms with E-state index in [9.17, 15) is 0 Å². The van der Waals surface area contributed by atoms with Crippen LogP contribution in [0.15, 0.2) is 46.9 Å². The van der Waals surface area contributed by atoms with Gasteiger partial charge < -0.3 is 5.32 Å². The molecule has 3 rings (SSSR count). The second kappa shape index (κ2) is 5.97. The van der Waals surface area contributed by atoms with E-state index in [4.69, 9.17) is 23.2 Å². The molecule has 0 radical (unpaired) electrons. The Hall–Kier alpha value is -0.700. The van der Waals surface area contributed by atoms with Crippen molar-refractivity contribution >= 4 is 44.8 Å². The van der Waals surface area contributed by atoms with Gasteiger partial charge in [0, 0.05) is 16.2 Å². The van der Waals surface area contributed by atoms with Gasteiger partial charge in [0.1, 0.15) is 0 Å². The number of hydrogen-bond donors (Lipinski definition) is 1. The maximum atomic E-state index is 6.02. The smallest absolute Gasteiger partial charge is 0.0612 e. The molecule has 0 aliphatic heterocycles. The first-order valence-electron chi connectivity index (χ1n) is 6.59. The van der Waals surface area contributed by atoms with Crippen molar-refractivity contribution in [3.8, 4) is 0 Å². The van der Waals surface area contributed by atoms with E-state index in [1.54, 1.807) is 0 Å². The highest BCUT2D eigenvalue weighted by atomic mass is 79.9. The van der Waals surface area contributed by atoms with Crippen LogP contribution in [-0.4, -0.2) is 6.04 Å². The number of benzene rings is 2. The molecule has 104 valence electrons. The molecule has 0 spiro atoms. The summed E-state index contributed by atoms with van der Waals surface area (Å²) in [5, 5.41) is 4.70. The van der Waals surface area contributed by atoms with Crippen LogP contribution in [-0.2, 0) is 0 Å². The molecule has 0 heterocycles. The first-order valence-corrected chi connectivity index (χ1v) is 8.14. The summed E-state index contributed by atoms with van der Waals surface area (Å²) in [6.07, 6.45) is 2.30. The van der Waals surface area contributed by atoms with E-state index in [-0.39, 0.29) is 0 Å². The van der Waals surface area contributed by atoms with E-state index in [0.717, 1.165) is 23.0 Å². The van der Waals surface area contributed by atoms with Crippen molar-refractivity contribution in [3.63, 3.8) is 0 Å². The zero-order valence-corrected chi connectivity index (χ0v) is 13.8. The second-order valence-corrected chi connectivity index (χ2v) is 6.92. The lowest BCUT2D eigenvalue weighted by molar-refractivity contribution is 0.374. The minimum absolute atomic E-state index is 0.510. The fourth-order valence-electron chi connectivity index (χ4n) is 2.59. The molecular weight excluding hydrogens is 357 g/mol. The molecule has 0 atom stereocenters. The monoisotopic (exact) mass is 369 g/mol. The number of rotatable bonds is 3. The summed E-state index contributed by atoms with van der Waals surface area (Å²) in [6.45, 7) is 0. The maximum absolute atomic E-state index is 6.02. The van der Waals surface area contributed by atoms with Crippen LogP contribution < -0.4 is 5.32 Å². The number of nitrogens with one attached hydrogen (secondary N) is 1. The lowest BCUT2D eigenvalue weighted by Gasteiger charge is -2.37. The molecule has 1 aliphatic rings. The molecule has 1 N–H and O–H groups in total. The molecule has 0 saturated heterocycles. The Morgan fingerprint density at radius 1 is 1.00 bits per heavy atom. The average molecular weight is 371 g/mol. The van der Waals surface area contributed by atoms with Gasteiger partial charge in [-0.05, 0) is 54.7 Å². The highest BCUT2D eigenvalue weighted by molar-refractivity contribution is 9.10. The lowest BCUT2D eigenvalue weighted by Crippen LogP contribution is -2.33. The highest BCUT2D eigenvalue weighted by Gasteiger charge is 2.30. The normalized spacial score (nSPS) is 21.4. The van der Waals surface area contributed by atoms with E-state index >= 15 is 0 Å². The first-order chi connectivity index (χ1) is 9.61. The van der Waals surface area contributed by atoms with Crippen LogP contribution in [0.1, 0.15) is 24.3 Å². The molecule has 20 heavy (non-hydrogen) atoms. The van der Waals surface area contributed by atoms with Gasteiger partial charge in [-0.25, -0.2) is 0 Å². The Morgan fingerprint density at radius 2 is 1.80 bits per heavy atom. The van der Waals surface area contributed by atoms with Crippen molar-refractivity contribution in [2.75, 3.05) is 5.32 Å². The van der Waals surface area contributed by atoms with Crippen molar-refractivity contribution in [1.82, 2.24) is 0 Å². The van der Waals surface area contributed by atoms with Crippen LogP contribution >= 0.6 is 39.1 Å². The van der Waals surface area contributed by atoms with Gasteiger partial charge in [-0.1, -0.05) is 51.3 Å². The van der Waals surface area contributed by atoms with Crippen molar-refractivity contribution < 1.29 is 0 Å². The fourth-order valence-corrected chi connectivity index (χ4v) is 3.31. The minimum Gasteiger partial charge on any atom is -0.382 e. The van der Waals surface area contributed by atoms with Crippen LogP contribution in [0.25, 0.3) is 0 Å². The van der Waals surface area contributed by atoms with E-state index < -0.39 is 0 Å². The summed E-state index contributed by atoms with van der Waals surface area (Å²) in [6, 6.07) is 14.8. The third-order valence-corrected chi connectivity index (χ3v) is 4.98. The largest absolute Gasteiger partial charge is 0.382 e. The summed E-state index contributed by atoms with van der Waals surface area (Å²) in [7, 11) is 0. The summed E-state index contributed by atoms with van der Waals surface area (Å²) in [4.78, 5) is 0. The van der Waals surface area contributed by atoms with Gasteiger partial charge in [-0.15, -0.1) is 0 Å². The lowest BCUT2D eigenvalue weighted by atomic mass is 9.76. The molecule has 1 aliphatic carbocycles. The molecule has 0 amide bonds. The Morgan fingerprint density at radius 3 is 2.50 bits per heavy atom. The molecule has 0 aromatic heterocycles. The molecule has 4 heteroatoms. The van der Waals surface area contributed by atoms with Crippen molar-refractivity contribution in [2.24, 2.45) is 0 Å². The van der Waals surface area contributed by atoms with E-state index in [1.165, 1.54) is 5.56 Å². The predicted molar refractivity (Wildman–Crippen MR) is 90.0 cm³/mol. The van der Waals surface area contributed by atoms with Gasteiger partial charge in [0.15, 0.2) is 0 Å². The molecule has 2 aromatic carbocycles. The number of halogens is 3. The third-order valence-electron chi connectivity index (χ3n) is 3.75. The standard InChI is InChI=1S/C16H14BrCl2N/c17-12-3-1-2-10(6-12)11-7-14(8-11)20-13-4-5-15(18)16(19)9-13/h1-6,9,11,14,20H,7-8H2. The topological polar surface area (TPSA) is 12.0 Å². The number of hydrogen-bond acceptors (Lipinski definition) is 1. The third kappa shape index (κ3) is 3.13. The van der Waals surface area contributed by atoms with E-state index in [1.807, 2.05) is 18.2 Å². The number of anilines is 1. The molecular formula is C16H14BrCl2N. The Balaban J connectivity index is 1.59. The quantitative estimate of drug-likeness (QED) is 0.686. The fraction of sp³-hybridized carbons (Fsp3) is 0.250.